The van der Waals surface area contributed by atoms with E-state index in [1.54, 1.807) is 38.9 Å². The van der Waals surface area contributed by atoms with Gasteiger partial charge in [-0.15, -0.1) is 0 Å². The highest BCUT2D eigenvalue weighted by Crippen LogP contribution is 2.35. The van der Waals surface area contributed by atoms with Crippen molar-refractivity contribution < 1.29 is 9.47 Å². The lowest BCUT2D eigenvalue weighted by atomic mass is 9.98. The first-order valence-corrected chi connectivity index (χ1v) is 11.3. The number of methoxy groups -OCH3 is 2. The molecule has 0 atom stereocenters. The number of nitrogens with one attached hydrogen (secondary N) is 1. The van der Waals surface area contributed by atoms with Crippen molar-refractivity contribution in [2.24, 2.45) is 0 Å². The van der Waals surface area contributed by atoms with E-state index >= 15 is 0 Å². The normalized spacial score (nSPS) is 10.8. The van der Waals surface area contributed by atoms with Crippen LogP contribution in [0.15, 0.2) is 79.3 Å². The average molecular weight is 484 g/mol. The van der Waals surface area contributed by atoms with Crippen LogP contribution in [0.3, 0.4) is 0 Å². The van der Waals surface area contributed by atoms with Gasteiger partial charge in [0.15, 0.2) is 5.82 Å². The van der Waals surface area contributed by atoms with E-state index in [2.05, 4.69) is 25.5 Å². The Labute approximate surface area is 207 Å². The minimum Gasteiger partial charge on any atom is -0.497 e. The molecule has 35 heavy (non-hydrogen) atoms. The number of aromatic nitrogens is 4. The largest absolute Gasteiger partial charge is 0.497 e. The molecule has 5 rings (SSSR count). The Morgan fingerprint density at radius 2 is 1.74 bits per heavy atom. The van der Waals surface area contributed by atoms with Gasteiger partial charge in [0.05, 0.1) is 31.6 Å². The van der Waals surface area contributed by atoms with Crippen LogP contribution < -0.4 is 14.8 Å². The van der Waals surface area contributed by atoms with Gasteiger partial charge < -0.3 is 14.8 Å². The predicted molar refractivity (Wildman–Crippen MR) is 138 cm³/mol. The Morgan fingerprint density at radius 3 is 2.54 bits per heavy atom. The van der Waals surface area contributed by atoms with E-state index in [9.17, 15) is 0 Å². The van der Waals surface area contributed by atoms with Gasteiger partial charge in [-0.05, 0) is 59.7 Å². The summed E-state index contributed by atoms with van der Waals surface area (Å²) in [6, 6.07) is 19.3. The zero-order chi connectivity index (χ0) is 24.2. The summed E-state index contributed by atoms with van der Waals surface area (Å²) in [5, 5.41) is 13.6. The molecule has 0 aliphatic heterocycles. The molecule has 3 aromatic carbocycles. The van der Waals surface area contributed by atoms with E-state index < -0.39 is 0 Å². The number of nitrogens with zero attached hydrogens (tertiary/aromatic N) is 4. The fraction of sp³-hybridized carbons (Fsp3) is 0.111. The molecule has 0 aliphatic carbocycles. The maximum absolute atomic E-state index is 6.34. The first kappa shape index (κ1) is 22.6. The topological polar surface area (TPSA) is 82.0 Å². The van der Waals surface area contributed by atoms with Crippen LogP contribution in [0.1, 0.15) is 5.56 Å². The summed E-state index contributed by atoms with van der Waals surface area (Å²) < 4.78 is 10.8. The predicted octanol–water partition coefficient (Wildman–Crippen LogP) is 6.04. The first-order valence-electron chi connectivity index (χ1n) is 10.9. The third kappa shape index (κ3) is 4.72. The molecule has 0 amide bonds. The van der Waals surface area contributed by atoms with Gasteiger partial charge in [-0.1, -0.05) is 17.7 Å². The van der Waals surface area contributed by atoms with Crippen LogP contribution in [0.25, 0.3) is 33.4 Å². The Hall–Kier alpha value is -4.23. The first-order chi connectivity index (χ1) is 17.2. The molecule has 1 N–H and O–H groups in total. The van der Waals surface area contributed by atoms with E-state index in [-0.39, 0.29) is 0 Å². The maximum Gasteiger partial charge on any atom is 0.159 e. The molecule has 0 bridgehead atoms. The molecule has 0 fully saturated rings. The molecule has 2 aromatic heterocycles. The molecule has 2 heterocycles. The third-order valence-corrected chi connectivity index (χ3v) is 5.94. The lowest BCUT2D eigenvalue weighted by molar-refractivity contribution is 0.391. The Balaban J connectivity index is 1.49. The van der Waals surface area contributed by atoms with E-state index in [0.717, 1.165) is 50.3 Å². The average Bonchev–Trinajstić information content (AvgIpc) is 2.91. The number of halogens is 1. The van der Waals surface area contributed by atoms with Gasteiger partial charge >= 0.3 is 0 Å². The number of anilines is 1. The number of hydrogen-bond donors (Lipinski definition) is 1. The number of fused-ring (bicyclic) bond motifs is 1. The van der Waals surface area contributed by atoms with Gasteiger partial charge in [0.2, 0.25) is 0 Å². The van der Waals surface area contributed by atoms with Crippen molar-refractivity contribution in [3.63, 3.8) is 0 Å². The fourth-order valence-corrected chi connectivity index (χ4v) is 4.12. The standard InChI is InChI=1S/C27H22ClN5O2/c1-34-20-7-4-18(26(14-20)35-2)15-31-25-16-32-33-24-12-17(5-8-22(24)25)23-13-19(28)6-9-21(23)27-29-10-3-11-30-27/h3-14,16H,15H2,1-2H3,(H,31,33). The van der Waals surface area contributed by atoms with Crippen molar-refractivity contribution in [2.75, 3.05) is 19.5 Å². The molecule has 174 valence electrons. The summed E-state index contributed by atoms with van der Waals surface area (Å²) in [7, 11) is 3.28. The van der Waals surface area contributed by atoms with Crippen LogP contribution in [0.4, 0.5) is 5.69 Å². The van der Waals surface area contributed by atoms with E-state index in [4.69, 9.17) is 21.1 Å². The quantitative estimate of drug-likeness (QED) is 0.302. The van der Waals surface area contributed by atoms with Gasteiger partial charge in [-0.2, -0.15) is 10.2 Å². The summed E-state index contributed by atoms with van der Waals surface area (Å²) in [4.78, 5) is 8.82. The van der Waals surface area contributed by atoms with Crippen LogP contribution >= 0.6 is 11.6 Å². The smallest absolute Gasteiger partial charge is 0.159 e. The minimum absolute atomic E-state index is 0.555. The second-order valence-electron chi connectivity index (χ2n) is 7.78. The molecule has 7 nitrogen and oxygen atoms in total. The lowest BCUT2D eigenvalue weighted by Crippen LogP contribution is -2.03. The molecular weight excluding hydrogens is 462 g/mol. The summed E-state index contributed by atoms with van der Waals surface area (Å²) >= 11 is 6.34. The van der Waals surface area contributed by atoms with Gasteiger partial charge in [0.1, 0.15) is 11.5 Å². The molecule has 0 radical (unpaired) electrons. The van der Waals surface area contributed by atoms with Gasteiger partial charge in [0, 0.05) is 46.5 Å². The molecule has 0 spiro atoms. The van der Waals surface area contributed by atoms with Crippen molar-refractivity contribution in [1.29, 1.82) is 0 Å². The van der Waals surface area contributed by atoms with Gasteiger partial charge in [-0.3, -0.25) is 0 Å². The maximum atomic E-state index is 6.34. The number of rotatable bonds is 7. The van der Waals surface area contributed by atoms with Crippen LogP contribution in [-0.4, -0.2) is 34.4 Å². The molecule has 0 unspecified atom stereocenters. The van der Waals surface area contributed by atoms with Crippen LogP contribution in [0.2, 0.25) is 5.02 Å². The van der Waals surface area contributed by atoms with Crippen LogP contribution in [-0.2, 0) is 6.54 Å². The number of benzene rings is 3. The van der Waals surface area contributed by atoms with E-state index in [1.807, 2.05) is 54.6 Å². The van der Waals surface area contributed by atoms with Crippen LogP contribution in [0, 0.1) is 0 Å². The SMILES string of the molecule is COc1ccc(CNc2cnnc3cc(-c4cc(Cl)ccc4-c4ncccn4)ccc23)c(OC)c1. The van der Waals surface area contributed by atoms with Gasteiger partial charge in [0.25, 0.3) is 0 Å². The van der Waals surface area contributed by atoms with Crippen molar-refractivity contribution >= 4 is 28.2 Å². The Kier molecular flexibility index (Phi) is 6.41. The lowest BCUT2D eigenvalue weighted by Gasteiger charge is -2.14. The highest BCUT2D eigenvalue weighted by molar-refractivity contribution is 6.31. The van der Waals surface area contributed by atoms with E-state index in [1.165, 1.54) is 0 Å². The summed E-state index contributed by atoms with van der Waals surface area (Å²) in [5.41, 5.74) is 5.40. The molecule has 0 saturated carbocycles. The highest BCUT2D eigenvalue weighted by atomic mass is 35.5. The second-order valence-corrected chi connectivity index (χ2v) is 8.22. The molecule has 0 saturated heterocycles. The summed E-state index contributed by atoms with van der Waals surface area (Å²) in [6.45, 7) is 0.555. The van der Waals surface area contributed by atoms with Gasteiger partial charge in [-0.25, -0.2) is 9.97 Å². The summed E-state index contributed by atoms with van der Waals surface area (Å²) in [6.07, 6.45) is 5.17. The second kappa shape index (κ2) is 9.95. The molecular formula is C27H22ClN5O2. The zero-order valence-electron chi connectivity index (χ0n) is 19.2. The van der Waals surface area contributed by atoms with Crippen molar-refractivity contribution in [3.8, 4) is 34.0 Å². The highest BCUT2D eigenvalue weighted by Gasteiger charge is 2.13. The Morgan fingerprint density at radius 1 is 0.886 bits per heavy atom. The molecule has 8 heteroatoms. The summed E-state index contributed by atoms with van der Waals surface area (Å²) in [5.74, 6) is 2.13. The number of ether oxygens (including phenoxy) is 2. The van der Waals surface area contributed by atoms with Crippen molar-refractivity contribution in [1.82, 2.24) is 20.2 Å². The van der Waals surface area contributed by atoms with Crippen molar-refractivity contribution in [3.05, 3.63) is 89.8 Å². The van der Waals surface area contributed by atoms with E-state index in [0.29, 0.717) is 17.4 Å². The fourth-order valence-electron chi connectivity index (χ4n) is 3.95. The third-order valence-electron chi connectivity index (χ3n) is 5.70. The Bertz CT molecular complexity index is 1490. The molecule has 5 aromatic rings. The monoisotopic (exact) mass is 483 g/mol. The minimum atomic E-state index is 0.555. The number of hydrogen-bond acceptors (Lipinski definition) is 7. The zero-order valence-corrected chi connectivity index (χ0v) is 20.0. The van der Waals surface area contributed by atoms with Crippen molar-refractivity contribution in [2.45, 2.75) is 6.54 Å². The van der Waals surface area contributed by atoms with Crippen LogP contribution in [0.5, 0.6) is 11.5 Å². The molecule has 0 aliphatic rings.